The minimum Gasteiger partial charge on any atom is -0.367 e. The maximum Gasteiger partial charge on any atom is 0.247 e. The summed E-state index contributed by atoms with van der Waals surface area (Å²) in [6.07, 6.45) is 3.07. The van der Waals surface area contributed by atoms with Gasteiger partial charge in [0, 0.05) is 47.0 Å². The van der Waals surface area contributed by atoms with E-state index in [0.29, 0.717) is 22.7 Å². The van der Waals surface area contributed by atoms with Crippen LogP contribution in [0.2, 0.25) is 5.02 Å². The predicted molar refractivity (Wildman–Crippen MR) is 148 cm³/mol. The number of benzene rings is 3. The summed E-state index contributed by atoms with van der Waals surface area (Å²) in [5, 5.41) is 7.84. The number of hydrogen-bond donors (Lipinski definition) is 2. The van der Waals surface area contributed by atoms with Crippen LogP contribution in [0.15, 0.2) is 79.5 Å². The molecule has 0 bridgehead atoms. The number of anilines is 4. The number of rotatable bonds is 7. The zero-order valence-corrected chi connectivity index (χ0v) is 21.0. The fraction of sp³-hybridized carbons (Fsp3) is 0.179. The van der Waals surface area contributed by atoms with Gasteiger partial charge < -0.3 is 20.4 Å². The summed E-state index contributed by atoms with van der Waals surface area (Å²) in [5.74, 6) is 0.202. The van der Waals surface area contributed by atoms with Crippen molar-refractivity contribution in [3.63, 3.8) is 0 Å². The lowest BCUT2D eigenvalue weighted by molar-refractivity contribution is -0.111. The second-order valence-corrected chi connectivity index (χ2v) is 9.46. The van der Waals surface area contributed by atoms with Crippen molar-refractivity contribution in [2.45, 2.75) is 6.04 Å². The number of nitrogens with zero attached hydrogens (tertiary/aromatic N) is 4. The number of aromatic nitrogens is 2. The number of halogens is 1. The predicted octanol–water partition coefficient (Wildman–Crippen LogP) is 5.57. The fourth-order valence-electron chi connectivity index (χ4n) is 4.29. The first-order valence-electron chi connectivity index (χ1n) is 11.7. The topological polar surface area (TPSA) is 73.4 Å². The lowest BCUT2D eigenvalue weighted by Gasteiger charge is -2.45. The van der Waals surface area contributed by atoms with E-state index in [2.05, 4.69) is 46.1 Å². The molecule has 5 rings (SSSR count). The van der Waals surface area contributed by atoms with Crippen LogP contribution in [0, 0.1) is 0 Å². The van der Waals surface area contributed by atoms with Crippen LogP contribution in [-0.4, -0.2) is 54.0 Å². The van der Waals surface area contributed by atoms with E-state index in [-0.39, 0.29) is 5.91 Å². The van der Waals surface area contributed by atoms with Crippen LogP contribution < -0.4 is 15.5 Å². The molecule has 0 spiro atoms. The quantitative estimate of drug-likeness (QED) is 0.325. The molecule has 2 N–H and O–H groups in total. The Labute approximate surface area is 215 Å². The summed E-state index contributed by atoms with van der Waals surface area (Å²) in [7, 11) is 4.16. The highest BCUT2D eigenvalue weighted by Crippen LogP contribution is 2.34. The molecule has 4 aromatic rings. The molecule has 1 aliphatic heterocycles. The summed E-state index contributed by atoms with van der Waals surface area (Å²) in [6.45, 7) is 5.38. The molecule has 1 aromatic heterocycles. The van der Waals surface area contributed by atoms with Crippen LogP contribution in [0.1, 0.15) is 0 Å². The van der Waals surface area contributed by atoms with Crippen LogP contribution in [0.5, 0.6) is 0 Å². The van der Waals surface area contributed by atoms with Gasteiger partial charge in [0.05, 0.1) is 16.9 Å². The molecule has 0 atom stereocenters. The number of fused-ring (bicyclic) bond motifs is 1. The normalized spacial score (nSPS) is 13.5. The van der Waals surface area contributed by atoms with E-state index >= 15 is 0 Å². The van der Waals surface area contributed by atoms with Gasteiger partial charge in [0.2, 0.25) is 11.9 Å². The van der Waals surface area contributed by atoms with Crippen LogP contribution >= 0.6 is 11.6 Å². The zero-order valence-electron chi connectivity index (χ0n) is 20.2. The Morgan fingerprint density at radius 3 is 2.69 bits per heavy atom. The molecule has 1 amide bonds. The fourth-order valence-corrected chi connectivity index (χ4v) is 4.48. The minimum atomic E-state index is -0.258. The molecular formula is C28H27ClN6O. The minimum absolute atomic E-state index is 0.258. The first kappa shape index (κ1) is 23.8. The molecule has 8 heteroatoms. The van der Waals surface area contributed by atoms with E-state index in [9.17, 15) is 4.79 Å². The number of carbonyl (C=O) groups is 1. The Morgan fingerprint density at radius 1 is 1.14 bits per heavy atom. The van der Waals surface area contributed by atoms with Gasteiger partial charge in [0.15, 0.2) is 0 Å². The molecule has 0 unspecified atom stereocenters. The Balaban J connectivity index is 1.46. The van der Waals surface area contributed by atoms with Crippen molar-refractivity contribution in [3.05, 3.63) is 84.5 Å². The monoisotopic (exact) mass is 498 g/mol. The van der Waals surface area contributed by atoms with Gasteiger partial charge >= 0.3 is 0 Å². The number of amides is 1. The van der Waals surface area contributed by atoms with Crippen molar-refractivity contribution in [1.82, 2.24) is 14.9 Å². The van der Waals surface area contributed by atoms with Crippen molar-refractivity contribution in [2.24, 2.45) is 0 Å². The molecule has 0 saturated carbocycles. The van der Waals surface area contributed by atoms with Gasteiger partial charge in [-0.1, -0.05) is 48.5 Å². The highest BCUT2D eigenvalue weighted by molar-refractivity contribution is 6.30. The summed E-state index contributed by atoms with van der Waals surface area (Å²) in [6, 6.07) is 20.1. The molecule has 0 aliphatic carbocycles. The molecule has 1 saturated heterocycles. The molecule has 182 valence electrons. The zero-order chi connectivity index (χ0) is 25.2. The highest BCUT2D eigenvalue weighted by atomic mass is 35.5. The number of hydrogen-bond acceptors (Lipinski definition) is 6. The average Bonchev–Trinajstić information content (AvgIpc) is 2.83. The third-order valence-corrected chi connectivity index (χ3v) is 6.61. The molecule has 7 nitrogen and oxygen atoms in total. The third-order valence-electron chi connectivity index (χ3n) is 6.38. The SMILES string of the molecule is C=CC(=O)Nc1cc(Nc2ncc3cccc(-c4cccc(Cl)c4)c3n2)ccc1N1CC(N(C)C)C1. The smallest absolute Gasteiger partial charge is 0.247 e. The number of carbonyl (C=O) groups excluding carboxylic acids is 1. The second kappa shape index (κ2) is 9.97. The van der Waals surface area contributed by atoms with Gasteiger partial charge in [-0.2, -0.15) is 0 Å². The van der Waals surface area contributed by atoms with Crippen molar-refractivity contribution < 1.29 is 4.79 Å². The summed E-state index contributed by atoms with van der Waals surface area (Å²) >= 11 is 6.23. The Hall–Kier alpha value is -3.94. The van der Waals surface area contributed by atoms with E-state index in [1.165, 1.54) is 6.08 Å². The number of nitrogens with one attached hydrogen (secondary N) is 2. The number of likely N-dealkylation sites (N-methyl/N-ethyl adjacent to an activating group) is 1. The lowest BCUT2D eigenvalue weighted by Crippen LogP contribution is -2.57. The van der Waals surface area contributed by atoms with Gasteiger partial charge in [-0.3, -0.25) is 4.79 Å². The van der Waals surface area contributed by atoms with E-state index in [0.717, 1.165) is 46.5 Å². The Bertz CT molecular complexity index is 1450. The maximum atomic E-state index is 12.1. The van der Waals surface area contributed by atoms with Crippen LogP contribution in [0.4, 0.5) is 23.0 Å². The molecule has 1 aliphatic rings. The van der Waals surface area contributed by atoms with Gasteiger partial charge in [-0.15, -0.1) is 0 Å². The first-order chi connectivity index (χ1) is 17.4. The van der Waals surface area contributed by atoms with Gasteiger partial charge in [0.1, 0.15) is 0 Å². The third kappa shape index (κ3) is 4.89. The van der Waals surface area contributed by atoms with Gasteiger partial charge in [-0.05, 0) is 56.1 Å². The molecular weight excluding hydrogens is 472 g/mol. The van der Waals surface area contributed by atoms with Crippen molar-refractivity contribution >= 4 is 51.4 Å². The lowest BCUT2D eigenvalue weighted by atomic mass is 10.0. The first-order valence-corrected chi connectivity index (χ1v) is 12.1. The molecule has 1 fully saturated rings. The number of para-hydroxylation sites is 1. The summed E-state index contributed by atoms with van der Waals surface area (Å²) < 4.78 is 0. The van der Waals surface area contributed by atoms with Crippen molar-refractivity contribution in [2.75, 3.05) is 42.7 Å². The standard InChI is InChI=1S/C28H27ClN6O/c1-4-26(36)32-24-14-21(11-12-25(24)35-16-22(17-35)34(2)3)31-28-30-15-19-8-6-10-23(27(19)33-28)18-7-5-9-20(29)13-18/h4-15,22H,1,16-17H2,2-3H3,(H,32,36)(H,30,31,33). The maximum absolute atomic E-state index is 12.1. The molecule has 3 aromatic carbocycles. The van der Waals surface area contributed by atoms with E-state index in [1.54, 1.807) is 6.20 Å². The molecule has 36 heavy (non-hydrogen) atoms. The highest BCUT2D eigenvalue weighted by Gasteiger charge is 2.30. The molecule has 0 radical (unpaired) electrons. The second-order valence-electron chi connectivity index (χ2n) is 9.02. The summed E-state index contributed by atoms with van der Waals surface area (Å²) in [5.41, 5.74) is 5.23. The Morgan fingerprint density at radius 2 is 1.94 bits per heavy atom. The van der Waals surface area contributed by atoms with Crippen LogP contribution in [0.3, 0.4) is 0 Å². The van der Waals surface area contributed by atoms with Crippen LogP contribution in [-0.2, 0) is 4.79 Å². The molecule has 2 heterocycles. The average molecular weight is 499 g/mol. The van der Waals surface area contributed by atoms with Gasteiger partial charge in [-0.25, -0.2) is 9.97 Å². The van der Waals surface area contributed by atoms with E-state index < -0.39 is 0 Å². The van der Waals surface area contributed by atoms with E-state index in [4.69, 9.17) is 16.6 Å². The largest absolute Gasteiger partial charge is 0.367 e. The van der Waals surface area contributed by atoms with E-state index in [1.807, 2.05) is 60.7 Å². The summed E-state index contributed by atoms with van der Waals surface area (Å²) in [4.78, 5) is 25.9. The van der Waals surface area contributed by atoms with Gasteiger partial charge in [0.25, 0.3) is 0 Å². The van der Waals surface area contributed by atoms with Crippen LogP contribution in [0.25, 0.3) is 22.0 Å². The Kier molecular flexibility index (Phi) is 6.59. The van der Waals surface area contributed by atoms with Crippen molar-refractivity contribution in [1.29, 1.82) is 0 Å². The van der Waals surface area contributed by atoms with Crippen molar-refractivity contribution in [3.8, 4) is 11.1 Å².